The standard InChI is InChI=1S/C28H41FN6O5S/c1-6-35(20(4)5)27(36)22-14-21(29)9-10-24(22)40-26-25(30-18-31-32-26)33-12-11-28(15-33)16-34(17-28)23(19(2)3)8-7-13-41(37,38)39/h9-10,14,18-20,23H,6-8,11-13,15-17H2,1-5H3,(H,37,38,39). The van der Waals surface area contributed by atoms with Gasteiger partial charge in [-0.2, -0.15) is 8.42 Å². The minimum absolute atomic E-state index is 0.0638. The second-order valence-corrected chi connectivity index (χ2v) is 13.4. The first kappa shape index (κ1) is 31.0. The summed E-state index contributed by atoms with van der Waals surface area (Å²) in [6.45, 7) is 13.7. The predicted molar refractivity (Wildman–Crippen MR) is 153 cm³/mol. The van der Waals surface area contributed by atoms with E-state index < -0.39 is 15.9 Å². The highest BCUT2D eigenvalue weighted by atomic mass is 32.2. The summed E-state index contributed by atoms with van der Waals surface area (Å²) in [5, 5.41) is 8.08. The highest BCUT2D eigenvalue weighted by Gasteiger charge is 2.50. The van der Waals surface area contributed by atoms with Crippen molar-refractivity contribution in [3.05, 3.63) is 35.9 Å². The van der Waals surface area contributed by atoms with E-state index in [1.807, 2.05) is 20.8 Å². The number of anilines is 1. The lowest BCUT2D eigenvalue weighted by atomic mass is 9.76. The molecule has 1 spiro atoms. The van der Waals surface area contributed by atoms with E-state index in [1.165, 1.54) is 24.5 Å². The van der Waals surface area contributed by atoms with E-state index in [1.54, 1.807) is 4.90 Å². The van der Waals surface area contributed by atoms with Crippen molar-refractivity contribution in [3.63, 3.8) is 0 Å². The van der Waals surface area contributed by atoms with Gasteiger partial charge in [0.1, 0.15) is 17.9 Å². The number of likely N-dealkylation sites (tertiary alicyclic amines) is 1. The molecule has 1 amide bonds. The fraction of sp³-hybridized carbons (Fsp3) is 0.643. The van der Waals surface area contributed by atoms with Crippen LogP contribution < -0.4 is 9.64 Å². The van der Waals surface area contributed by atoms with Crippen molar-refractivity contribution in [1.29, 1.82) is 0 Å². The summed E-state index contributed by atoms with van der Waals surface area (Å²) in [7, 11) is -3.96. The molecule has 226 valence electrons. The van der Waals surface area contributed by atoms with Gasteiger partial charge >= 0.3 is 0 Å². The summed E-state index contributed by atoms with van der Waals surface area (Å²) < 4.78 is 51.8. The Morgan fingerprint density at radius 1 is 1.22 bits per heavy atom. The molecule has 1 aromatic heterocycles. The smallest absolute Gasteiger partial charge is 0.282 e. The van der Waals surface area contributed by atoms with Crippen LogP contribution in [0.15, 0.2) is 24.5 Å². The number of hydrogen-bond acceptors (Lipinski definition) is 9. The molecule has 11 nitrogen and oxygen atoms in total. The zero-order valence-corrected chi connectivity index (χ0v) is 25.3. The molecule has 1 unspecified atom stereocenters. The highest BCUT2D eigenvalue weighted by Crippen LogP contribution is 2.44. The maximum Gasteiger partial charge on any atom is 0.282 e. The number of aromatic nitrogens is 3. The highest BCUT2D eigenvalue weighted by molar-refractivity contribution is 7.85. The van der Waals surface area contributed by atoms with Crippen molar-refractivity contribution in [2.75, 3.05) is 43.4 Å². The van der Waals surface area contributed by atoms with E-state index in [0.29, 0.717) is 31.1 Å². The number of benzene rings is 1. The van der Waals surface area contributed by atoms with Gasteiger partial charge in [0, 0.05) is 50.2 Å². The van der Waals surface area contributed by atoms with Crippen LogP contribution in [-0.2, 0) is 10.1 Å². The second kappa shape index (κ2) is 12.5. The molecule has 0 radical (unpaired) electrons. The number of hydrogen-bond donors (Lipinski definition) is 1. The first-order chi connectivity index (χ1) is 19.3. The molecule has 1 N–H and O–H groups in total. The Labute approximate surface area is 241 Å². The number of rotatable bonds is 12. The summed E-state index contributed by atoms with van der Waals surface area (Å²) in [4.78, 5) is 23.9. The summed E-state index contributed by atoms with van der Waals surface area (Å²) in [6, 6.07) is 4.02. The Morgan fingerprint density at radius 3 is 2.59 bits per heavy atom. The molecule has 0 bridgehead atoms. The lowest BCUT2D eigenvalue weighted by Crippen LogP contribution is -2.62. The molecule has 1 aromatic carbocycles. The summed E-state index contributed by atoms with van der Waals surface area (Å²) in [5.74, 6) is 0.119. The maximum absolute atomic E-state index is 14.2. The van der Waals surface area contributed by atoms with Crippen LogP contribution in [0.4, 0.5) is 10.2 Å². The van der Waals surface area contributed by atoms with Gasteiger partial charge in [-0.05, 0) is 64.2 Å². The van der Waals surface area contributed by atoms with Crippen LogP contribution in [0, 0.1) is 17.2 Å². The van der Waals surface area contributed by atoms with Gasteiger partial charge in [0.05, 0.1) is 11.3 Å². The van der Waals surface area contributed by atoms with Crippen molar-refractivity contribution in [1.82, 2.24) is 25.0 Å². The first-order valence-electron chi connectivity index (χ1n) is 14.2. The summed E-state index contributed by atoms with van der Waals surface area (Å²) >= 11 is 0. The first-order valence-corrected chi connectivity index (χ1v) is 15.8. The number of ether oxygens (including phenoxy) is 1. The van der Waals surface area contributed by atoms with Crippen LogP contribution in [0.3, 0.4) is 0 Å². The SMILES string of the molecule is CCN(C(=O)c1cc(F)ccc1Oc1nncnc1N1CCC2(C1)CN(C(CCCS(=O)(=O)O)C(C)C)C2)C(C)C. The molecule has 0 aliphatic carbocycles. The minimum atomic E-state index is -3.96. The molecule has 2 fully saturated rings. The van der Waals surface area contributed by atoms with E-state index >= 15 is 0 Å². The van der Waals surface area contributed by atoms with Crippen LogP contribution >= 0.6 is 0 Å². The number of nitrogens with zero attached hydrogens (tertiary/aromatic N) is 6. The third kappa shape index (κ3) is 7.31. The molecule has 2 saturated heterocycles. The van der Waals surface area contributed by atoms with Gasteiger partial charge in [-0.3, -0.25) is 14.2 Å². The summed E-state index contributed by atoms with van der Waals surface area (Å²) in [5.41, 5.74) is 0.173. The Morgan fingerprint density at radius 2 is 1.95 bits per heavy atom. The normalized spacial score (nSPS) is 17.7. The van der Waals surface area contributed by atoms with Crippen molar-refractivity contribution >= 4 is 21.8 Å². The van der Waals surface area contributed by atoms with Gasteiger partial charge < -0.3 is 14.5 Å². The van der Waals surface area contributed by atoms with Crippen LogP contribution in [0.25, 0.3) is 0 Å². The average molecular weight is 593 g/mol. The third-order valence-corrected chi connectivity index (χ3v) is 8.94. The fourth-order valence-corrected chi connectivity index (χ4v) is 6.67. The molecule has 4 rings (SSSR count). The van der Waals surface area contributed by atoms with E-state index in [0.717, 1.165) is 32.6 Å². The van der Waals surface area contributed by atoms with Gasteiger partial charge in [-0.1, -0.05) is 13.8 Å². The lowest BCUT2D eigenvalue weighted by Gasteiger charge is -2.53. The summed E-state index contributed by atoms with van der Waals surface area (Å²) in [6.07, 6.45) is 3.43. The number of carbonyl (C=O) groups excluding carboxylic acids is 1. The average Bonchev–Trinajstić information content (AvgIpc) is 3.32. The van der Waals surface area contributed by atoms with Crippen LogP contribution in [0.2, 0.25) is 0 Å². The molecule has 2 aromatic rings. The van der Waals surface area contributed by atoms with Crippen LogP contribution in [0.5, 0.6) is 11.6 Å². The number of amides is 1. The molecular weight excluding hydrogens is 551 g/mol. The Balaban J connectivity index is 1.47. The largest absolute Gasteiger partial charge is 0.434 e. The quantitative estimate of drug-likeness (QED) is 0.363. The zero-order chi connectivity index (χ0) is 29.9. The van der Waals surface area contributed by atoms with E-state index in [2.05, 4.69) is 38.8 Å². The Bertz CT molecular complexity index is 1340. The van der Waals surface area contributed by atoms with Gasteiger partial charge in [-0.15, -0.1) is 10.2 Å². The van der Waals surface area contributed by atoms with E-state index in [9.17, 15) is 17.6 Å². The minimum Gasteiger partial charge on any atom is -0.434 e. The third-order valence-electron chi connectivity index (χ3n) is 8.13. The maximum atomic E-state index is 14.2. The van der Waals surface area contributed by atoms with Crippen molar-refractivity contribution < 1.29 is 26.9 Å². The fourth-order valence-electron chi connectivity index (χ4n) is 6.14. The Kier molecular flexibility index (Phi) is 9.49. The molecular formula is C28H41FN6O5S. The molecule has 2 aliphatic rings. The van der Waals surface area contributed by atoms with Gasteiger partial charge in [0.25, 0.3) is 21.9 Å². The molecule has 0 saturated carbocycles. The van der Waals surface area contributed by atoms with Gasteiger partial charge in [-0.25, -0.2) is 9.37 Å². The number of carbonyl (C=O) groups is 1. The molecule has 3 heterocycles. The lowest BCUT2D eigenvalue weighted by molar-refractivity contribution is -0.0335. The molecule has 13 heteroatoms. The van der Waals surface area contributed by atoms with Crippen LogP contribution in [0.1, 0.15) is 64.2 Å². The van der Waals surface area contributed by atoms with Crippen molar-refractivity contribution in [3.8, 4) is 11.6 Å². The predicted octanol–water partition coefficient (Wildman–Crippen LogP) is 3.88. The molecule has 41 heavy (non-hydrogen) atoms. The number of halogens is 1. The van der Waals surface area contributed by atoms with Crippen molar-refractivity contribution in [2.24, 2.45) is 11.3 Å². The molecule has 1 atom stereocenters. The molecule has 2 aliphatic heterocycles. The van der Waals surface area contributed by atoms with Crippen molar-refractivity contribution in [2.45, 2.75) is 66.0 Å². The van der Waals surface area contributed by atoms with Crippen LogP contribution in [-0.4, -0.2) is 94.4 Å². The topological polar surface area (TPSA) is 129 Å². The van der Waals surface area contributed by atoms with Gasteiger partial charge in [0.2, 0.25) is 0 Å². The van der Waals surface area contributed by atoms with E-state index in [-0.39, 0.29) is 46.4 Å². The monoisotopic (exact) mass is 592 g/mol. The Hall–Kier alpha value is -2.90. The van der Waals surface area contributed by atoms with E-state index in [4.69, 9.17) is 9.29 Å². The van der Waals surface area contributed by atoms with Gasteiger partial charge in [0.15, 0.2) is 5.82 Å². The second-order valence-electron chi connectivity index (χ2n) is 11.8. The zero-order valence-electron chi connectivity index (χ0n) is 24.5.